The Morgan fingerprint density at radius 3 is 2.56 bits per heavy atom. The lowest BCUT2D eigenvalue weighted by molar-refractivity contribution is 0.170. The summed E-state index contributed by atoms with van der Waals surface area (Å²) in [5.41, 5.74) is 2.23. The first-order valence-corrected chi connectivity index (χ1v) is 6.66. The summed E-state index contributed by atoms with van der Waals surface area (Å²) in [6.45, 7) is 5.32. The monoisotopic (exact) mass is 265 g/mol. The number of nitrogens with zero attached hydrogens (tertiary/aromatic N) is 3. The van der Waals surface area contributed by atoms with Crippen molar-refractivity contribution in [3.8, 4) is 0 Å². The minimum Gasteiger partial charge on any atom is -0.325 e. The van der Waals surface area contributed by atoms with Gasteiger partial charge in [-0.15, -0.1) is 11.6 Å². The molecule has 0 saturated heterocycles. The number of aromatic nitrogens is 2. The summed E-state index contributed by atoms with van der Waals surface area (Å²) < 4.78 is 2.22. The van der Waals surface area contributed by atoms with E-state index in [1.807, 2.05) is 18.2 Å². The SMILES string of the molecule is CN(C)C(C)(C)Cn1c(CCl)nc2ccccc21. The predicted molar refractivity (Wildman–Crippen MR) is 77.1 cm³/mol. The van der Waals surface area contributed by atoms with E-state index in [2.05, 4.69) is 48.5 Å². The molecule has 4 heteroatoms. The quantitative estimate of drug-likeness (QED) is 0.792. The topological polar surface area (TPSA) is 21.1 Å². The van der Waals surface area contributed by atoms with E-state index < -0.39 is 0 Å². The molecule has 0 unspecified atom stereocenters. The number of hydrogen-bond donors (Lipinski definition) is 0. The number of alkyl halides is 1. The van der Waals surface area contributed by atoms with Gasteiger partial charge in [-0.3, -0.25) is 0 Å². The number of rotatable bonds is 4. The number of benzene rings is 1. The van der Waals surface area contributed by atoms with Crippen LogP contribution in [0.15, 0.2) is 24.3 Å². The van der Waals surface area contributed by atoms with Gasteiger partial charge < -0.3 is 9.47 Å². The van der Waals surface area contributed by atoms with Crippen LogP contribution < -0.4 is 0 Å². The van der Waals surface area contributed by atoms with Gasteiger partial charge >= 0.3 is 0 Å². The van der Waals surface area contributed by atoms with Gasteiger partial charge in [0.25, 0.3) is 0 Å². The lowest BCUT2D eigenvalue weighted by atomic mass is 10.0. The molecule has 2 aromatic rings. The maximum atomic E-state index is 6.02. The molecule has 0 saturated carbocycles. The van der Waals surface area contributed by atoms with E-state index in [9.17, 15) is 0 Å². The van der Waals surface area contributed by atoms with Crippen molar-refractivity contribution >= 4 is 22.6 Å². The Morgan fingerprint density at radius 2 is 1.94 bits per heavy atom. The zero-order valence-electron chi connectivity index (χ0n) is 11.4. The van der Waals surface area contributed by atoms with Gasteiger partial charge in [-0.1, -0.05) is 12.1 Å². The van der Waals surface area contributed by atoms with Gasteiger partial charge in [-0.2, -0.15) is 0 Å². The molecule has 1 heterocycles. The van der Waals surface area contributed by atoms with Gasteiger partial charge in [-0.25, -0.2) is 4.98 Å². The fourth-order valence-corrected chi connectivity index (χ4v) is 2.14. The van der Waals surface area contributed by atoms with E-state index in [0.717, 1.165) is 23.4 Å². The number of imidazole rings is 1. The van der Waals surface area contributed by atoms with Crippen LogP contribution in [-0.2, 0) is 12.4 Å². The average molecular weight is 266 g/mol. The molecule has 3 nitrogen and oxygen atoms in total. The molecule has 0 N–H and O–H groups in total. The second-order valence-electron chi connectivity index (χ2n) is 5.44. The number of fused-ring (bicyclic) bond motifs is 1. The Morgan fingerprint density at radius 1 is 1.28 bits per heavy atom. The zero-order chi connectivity index (χ0) is 13.3. The Kier molecular flexibility index (Phi) is 3.64. The number of para-hydroxylation sites is 2. The molecule has 1 aromatic carbocycles. The predicted octanol–water partition coefficient (Wildman–Crippen LogP) is 3.12. The standard InChI is InChI=1S/C14H20ClN3/c1-14(2,17(3)4)10-18-12-8-6-5-7-11(12)16-13(18)9-15/h5-8H,9-10H2,1-4H3. The molecular weight excluding hydrogens is 246 g/mol. The highest BCUT2D eigenvalue weighted by atomic mass is 35.5. The first kappa shape index (κ1) is 13.4. The van der Waals surface area contributed by atoms with Gasteiger partial charge in [0.05, 0.1) is 16.9 Å². The molecular formula is C14H20ClN3. The third kappa shape index (κ3) is 2.38. The van der Waals surface area contributed by atoms with Crippen molar-refractivity contribution in [2.75, 3.05) is 14.1 Å². The molecule has 1 aromatic heterocycles. The van der Waals surface area contributed by atoms with Gasteiger partial charge in [0.15, 0.2) is 0 Å². The van der Waals surface area contributed by atoms with Crippen LogP contribution in [0.5, 0.6) is 0 Å². The summed E-state index contributed by atoms with van der Waals surface area (Å²) in [7, 11) is 4.19. The summed E-state index contributed by atoms with van der Waals surface area (Å²) in [6, 6.07) is 8.19. The number of hydrogen-bond acceptors (Lipinski definition) is 2. The largest absolute Gasteiger partial charge is 0.325 e. The first-order chi connectivity index (χ1) is 8.45. The van der Waals surface area contributed by atoms with Crippen LogP contribution in [-0.4, -0.2) is 34.1 Å². The van der Waals surface area contributed by atoms with Crippen molar-refractivity contribution < 1.29 is 0 Å². The fourth-order valence-electron chi connectivity index (χ4n) is 1.93. The van der Waals surface area contributed by atoms with Crippen molar-refractivity contribution in [3.05, 3.63) is 30.1 Å². The number of likely N-dealkylation sites (N-methyl/N-ethyl adjacent to an activating group) is 1. The molecule has 0 spiro atoms. The maximum absolute atomic E-state index is 6.02. The van der Waals surface area contributed by atoms with Crippen LogP contribution in [0.1, 0.15) is 19.7 Å². The Hall–Kier alpha value is -1.06. The van der Waals surface area contributed by atoms with Gasteiger partial charge in [0, 0.05) is 12.1 Å². The van der Waals surface area contributed by atoms with E-state index in [1.165, 1.54) is 0 Å². The highest BCUT2D eigenvalue weighted by molar-refractivity contribution is 6.16. The molecule has 0 aliphatic rings. The summed E-state index contributed by atoms with van der Waals surface area (Å²) in [4.78, 5) is 6.81. The summed E-state index contributed by atoms with van der Waals surface area (Å²) in [5, 5.41) is 0. The fraction of sp³-hybridized carbons (Fsp3) is 0.500. The van der Waals surface area contributed by atoms with Gasteiger partial charge in [-0.05, 0) is 40.1 Å². The van der Waals surface area contributed by atoms with E-state index >= 15 is 0 Å². The van der Waals surface area contributed by atoms with Crippen molar-refractivity contribution in [1.82, 2.24) is 14.5 Å². The third-order valence-corrected chi connectivity index (χ3v) is 3.85. The molecule has 0 aliphatic carbocycles. The molecule has 98 valence electrons. The second-order valence-corrected chi connectivity index (χ2v) is 5.71. The van der Waals surface area contributed by atoms with Crippen LogP contribution in [0.25, 0.3) is 11.0 Å². The van der Waals surface area contributed by atoms with Crippen LogP contribution >= 0.6 is 11.6 Å². The maximum Gasteiger partial charge on any atom is 0.124 e. The second kappa shape index (κ2) is 4.90. The Bertz CT molecular complexity index is 543. The highest BCUT2D eigenvalue weighted by Crippen LogP contribution is 2.22. The minimum atomic E-state index is 0.0598. The minimum absolute atomic E-state index is 0.0598. The molecule has 0 fully saturated rings. The van der Waals surface area contributed by atoms with E-state index in [1.54, 1.807) is 0 Å². The normalized spacial score (nSPS) is 12.6. The molecule has 0 atom stereocenters. The van der Waals surface area contributed by atoms with Gasteiger partial charge in [0.1, 0.15) is 5.82 Å². The molecule has 0 bridgehead atoms. The van der Waals surface area contributed by atoms with Crippen LogP contribution in [0, 0.1) is 0 Å². The first-order valence-electron chi connectivity index (χ1n) is 6.13. The lowest BCUT2D eigenvalue weighted by Gasteiger charge is -2.33. The van der Waals surface area contributed by atoms with E-state index in [0.29, 0.717) is 5.88 Å². The Balaban J connectivity index is 2.49. The van der Waals surface area contributed by atoms with Gasteiger partial charge in [0.2, 0.25) is 0 Å². The van der Waals surface area contributed by atoms with Crippen molar-refractivity contribution in [3.63, 3.8) is 0 Å². The zero-order valence-corrected chi connectivity index (χ0v) is 12.2. The van der Waals surface area contributed by atoms with Crippen molar-refractivity contribution in [2.45, 2.75) is 31.8 Å². The Labute approximate surface area is 113 Å². The van der Waals surface area contributed by atoms with E-state index in [-0.39, 0.29) is 5.54 Å². The summed E-state index contributed by atoms with van der Waals surface area (Å²) in [5.74, 6) is 1.38. The highest BCUT2D eigenvalue weighted by Gasteiger charge is 2.23. The molecule has 0 aliphatic heterocycles. The van der Waals surface area contributed by atoms with Crippen molar-refractivity contribution in [2.24, 2.45) is 0 Å². The third-order valence-electron chi connectivity index (χ3n) is 3.61. The lowest BCUT2D eigenvalue weighted by Crippen LogP contribution is -2.42. The van der Waals surface area contributed by atoms with Crippen molar-refractivity contribution in [1.29, 1.82) is 0 Å². The number of halogens is 1. The average Bonchev–Trinajstić information content (AvgIpc) is 2.67. The van der Waals surface area contributed by atoms with Crippen LogP contribution in [0.2, 0.25) is 0 Å². The smallest absolute Gasteiger partial charge is 0.124 e. The molecule has 18 heavy (non-hydrogen) atoms. The molecule has 0 radical (unpaired) electrons. The van der Waals surface area contributed by atoms with E-state index in [4.69, 9.17) is 11.6 Å². The molecule has 2 rings (SSSR count). The van der Waals surface area contributed by atoms with Crippen LogP contribution in [0.3, 0.4) is 0 Å². The molecule has 0 amide bonds. The summed E-state index contributed by atoms with van der Waals surface area (Å²) >= 11 is 6.02. The summed E-state index contributed by atoms with van der Waals surface area (Å²) in [6.07, 6.45) is 0. The van der Waals surface area contributed by atoms with Crippen LogP contribution in [0.4, 0.5) is 0 Å².